The fourth-order valence-electron chi connectivity index (χ4n) is 4.26. The predicted molar refractivity (Wildman–Crippen MR) is 152 cm³/mol. The Labute approximate surface area is 237 Å². The second kappa shape index (κ2) is 11.8. The lowest BCUT2D eigenvalue weighted by Gasteiger charge is -2.14. The van der Waals surface area contributed by atoms with E-state index in [0.717, 1.165) is 17.8 Å². The number of methoxy groups -OCH3 is 2. The first-order chi connectivity index (χ1) is 19.8. The lowest BCUT2D eigenvalue weighted by Crippen LogP contribution is -2.18. The van der Waals surface area contributed by atoms with Crippen LogP contribution < -0.4 is 29.7 Å². The van der Waals surface area contributed by atoms with Gasteiger partial charge in [-0.2, -0.15) is 0 Å². The molecule has 0 unspecified atom stereocenters. The Morgan fingerprint density at radius 3 is 2.44 bits per heavy atom. The highest BCUT2D eigenvalue weighted by Gasteiger charge is 2.27. The van der Waals surface area contributed by atoms with Crippen molar-refractivity contribution in [3.63, 3.8) is 0 Å². The maximum absolute atomic E-state index is 14.0. The number of ether oxygens (including phenoxy) is 4. The average molecular weight is 578 g/mol. The molecule has 0 radical (unpaired) electrons. The quantitative estimate of drug-likeness (QED) is 0.195. The Balaban J connectivity index is 1.39. The average Bonchev–Trinajstić information content (AvgIpc) is 3.33. The van der Waals surface area contributed by atoms with Gasteiger partial charge in [0.2, 0.25) is 11.2 Å². The Hall–Kier alpha value is -4.77. The zero-order valence-corrected chi connectivity index (χ0v) is 23.1. The number of imide groups is 1. The summed E-state index contributed by atoms with van der Waals surface area (Å²) in [7, 11) is 3.00. The van der Waals surface area contributed by atoms with E-state index in [1.54, 1.807) is 49.4 Å². The summed E-state index contributed by atoms with van der Waals surface area (Å²) in [6.45, 7) is 1.77. The summed E-state index contributed by atoms with van der Waals surface area (Å²) in [5, 5.41) is 1.87. The Kier molecular flexibility index (Phi) is 7.97. The maximum Gasteiger partial charge on any atom is 0.290 e. The van der Waals surface area contributed by atoms with Gasteiger partial charge in [-0.3, -0.25) is 19.7 Å². The van der Waals surface area contributed by atoms with Gasteiger partial charge in [-0.15, -0.1) is 0 Å². The highest BCUT2D eigenvalue weighted by molar-refractivity contribution is 8.18. The molecule has 2 amide bonds. The van der Waals surface area contributed by atoms with E-state index in [0.29, 0.717) is 38.9 Å². The molecule has 1 aromatic heterocycles. The first-order valence-electron chi connectivity index (χ1n) is 12.4. The van der Waals surface area contributed by atoms with Gasteiger partial charge in [0.1, 0.15) is 30.4 Å². The molecule has 1 fully saturated rings. The summed E-state index contributed by atoms with van der Waals surface area (Å²) < 4.78 is 42.4. The summed E-state index contributed by atoms with van der Waals surface area (Å²) in [6, 6.07) is 15.7. The van der Waals surface area contributed by atoms with Crippen LogP contribution in [0.1, 0.15) is 12.5 Å². The van der Waals surface area contributed by atoms with Crippen LogP contribution in [0.4, 0.5) is 9.18 Å². The second-order valence-corrected chi connectivity index (χ2v) is 9.81. The molecule has 5 rings (SSSR count). The van der Waals surface area contributed by atoms with Gasteiger partial charge in [0.25, 0.3) is 11.1 Å². The van der Waals surface area contributed by atoms with Gasteiger partial charge in [0.05, 0.1) is 24.5 Å². The summed E-state index contributed by atoms with van der Waals surface area (Å²) in [6.07, 6.45) is 0. The van der Waals surface area contributed by atoms with Crippen LogP contribution in [0.5, 0.6) is 23.0 Å². The number of carbonyl (C=O) groups is 2. The molecule has 41 heavy (non-hydrogen) atoms. The van der Waals surface area contributed by atoms with Crippen LogP contribution in [0.15, 0.2) is 74.8 Å². The number of allylic oxidation sites excluding steroid dienone is 1. The summed E-state index contributed by atoms with van der Waals surface area (Å²) >= 11 is 0.851. The van der Waals surface area contributed by atoms with E-state index in [1.807, 2.05) is 0 Å². The van der Waals surface area contributed by atoms with Crippen molar-refractivity contribution in [3.8, 4) is 34.3 Å². The third-order valence-electron chi connectivity index (χ3n) is 6.28. The number of hydrogen-bond donors (Lipinski definition) is 1. The van der Waals surface area contributed by atoms with Gasteiger partial charge in [0.15, 0.2) is 17.3 Å². The van der Waals surface area contributed by atoms with E-state index in [-0.39, 0.29) is 35.7 Å². The van der Waals surface area contributed by atoms with Crippen molar-refractivity contribution in [2.45, 2.75) is 6.92 Å². The van der Waals surface area contributed by atoms with Crippen LogP contribution >= 0.6 is 11.8 Å². The fourth-order valence-corrected chi connectivity index (χ4v) is 5.01. The Morgan fingerprint density at radius 2 is 1.71 bits per heavy atom. The van der Waals surface area contributed by atoms with E-state index in [1.165, 1.54) is 26.4 Å². The van der Waals surface area contributed by atoms with E-state index in [9.17, 15) is 18.8 Å². The van der Waals surface area contributed by atoms with Crippen LogP contribution in [0.3, 0.4) is 0 Å². The number of carbonyl (C=O) groups excluding carboxylic acids is 2. The molecular weight excluding hydrogens is 553 g/mol. The number of halogens is 1. The molecule has 4 aromatic rings. The number of fused-ring (bicyclic) bond motifs is 1. The SMILES string of the molecule is COc1ccc(-c2oc3ccc(F)cc3c(=O)c2OCCOc2cccc(/C(C)=C3\SC(=O)NC3=O)c2)cc1OC. The highest BCUT2D eigenvalue weighted by Crippen LogP contribution is 2.37. The molecule has 2 heterocycles. The fraction of sp³-hybridized carbons (Fsp3) is 0.167. The van der Waals surface area contributed by atoms with Crippen LogP contribution in [0.25, 0.3) is 27.9 Å². The molecular formula is C30H24FNO8S. The molecule has 1 aliphatic heterocycles. The van der Waals surface area contributed by atoms with Gasteiger partial charge in [-0.05, 0) is 78.4 Å². The van der Waals surface area contributed by atoms with Crippen LogP contribution in [0.2, 0.25) is 0 Å². The van der Waals surface area contributed by atoms with Crippen molar-refractivity contribution >= 4 is 39.5 Å². The number of benzene rings is 3. The molecule has 0 aliphatic carbocycles. The molecule has 11 heteroatoms. The third kappa shape index (κ3) is 5.75. The van der Waals surface area contributed by atoms with E-state index in [4.69, 9.17) is 23.4 Å². The Bertz CT molecular complexity index is 1760. The molecule has 0 atom stereocenters. The number of thioether (sulfide) groups is 1. The van der Waals surface area contributed by atoms with E-state index < -0.39 is 22.4 Å². The summed E-state index contributed by atoms with van der Waals surface area (Å²) in [5.74, 6) is 0.419. The number of hydrogen-bond acceptors (Lipinski definition) is 9. The Morgan fingerprint density at radius 1 is 0.927 bits per heavy atom. The van der Waals surface area contributed by atoms with E-state index >= 15 is 0 Å². The zero-order chi connectivity index (χ0) is 29.1. The largest absolute Gasteiger partial charge is 0.493 e. The van der Waals surface area contributed by atoms with Crippen molar-refractivity contribution in [2.24, 2.45) is 0 Å². The topological polar surface area (TPSA) is 113 Å². The third-order valence-corrected chi connectivity index (χ3v) is 7.26. The smallest absolute Gasteiger partial charge is 0.290 e. The molecule has 0 saturated carbocycles. The minimum Gasteiger partial charge on any atom is -0.493 e. The number of nitrogens with one attached hydrogen (secondary N) is 1. The lowest BCUT2D eigenvalue weighted by molar-refractivity contribution is -0.115. The normalized spacial score (nSPS) is 14.1. The molecule has 0 spiro atoms. The summed E-state index contributed by atoms with van der Waals surface area (Å²) in [5.41, 5.74) is 1.50. The van der Waals surface area contributed by atoms with Crippen molar-refractivity contribution in [1.29, 1.82) is 0 Å². The van der Waals surface area contributed by atoms with Crippen molar-refractivity contribution < 1.29 is 37.3 Å². The van der Waals surface area contributed by atoms with E-state index in [2.05, 4.69) is 5.32 Å². The zero-order valence-electron chi connectivity index (χ0n) is 22.2. The van der Waals surface area contributed by atoms with Gasteiger partial charge in [-0.25, -0.2) is 4.39 Å². The summed E-state index contributed by atoms with van der Waals surface area (Å²) in [4.78, 5) is 37.3. The minimum absolute atomic E-state index is 0.0358. The molecule has 9 nitrogen and oxygen atoms in total. The van der Waals surface area contributed by atoms with Gasteiger partial charge >= 0.3 is 0 Å². The molecule has 3 aromatic carbocycles. The molecule has 1 aliphatic rings. The van der Waals surface area contributed by atoms with Crippen LogP contribution in [0, 0.1) is 5.82 Å². The second-order valence-electron chi connectivity index (χ2n) is 8.82. The van der Waals surface area contributed by atoms with Crippen molar-refractivity contribution in [3.05, 3.63) is 87.2 Å². The molecule has 0 bridgehead atoms. The molecule has 210 valence electrons. The monoisotopic (exact) mass is 577 g/mol. The number of rotatable bonds is 9. The van der Waals surface area contributed by atoms with Gasteiger partial charge in [-0.1, -0.05) is 12.1 Å². The van der Waals surface area contributed by atoms with Gasteiger partial charge < -0.3 is 23.4 Å². The predicted octanol–water partition coefficient (Wildman–Crippen LogP) is 5.79. The first-order valence-corrected chi connectivity index (χ1v) is 13.2. The standard InChI is InChI=1S/C30H24FNO8S/c1-16(28-29(34)32-30(35)41-28)17-5-4-6-20(13-17)38-11-12-39-27-25(33)21-15-19(31)8-10-22(21)40-26(27)18-7-9-23(36-2)24(14-18)37-3/h4-10,13-15H,11-12H2,1-3H3,(H,32,34,35)/b28-16-. The van der Waals surface area contributed by atoms with Crippen molar-refractivity contribution in [2.75, 3.05) is 27.4 Å². The van der Waals surface area contributed by atoms with Crippen LogP contribution in [-0.4, -0.2) is 38.6 Å². The van der Waals surface area contributed by atoms with Gasteiger partial charge in [0, 0.05) is 5.56 Å². The highest BCUT2D eigenvalue weighted by atomic mass is 32.2. The van der Waals surface area contributed by atoms with Crippen molar-refractivity contribution in [1.82, 2.24) is 5.32 Å². The first kappa shape index (κ1) is 27.8. The minimum atomic E-state index is -0.582. The maximum atomic E-state index is 14.0. The lowest BCUT2D eigenvalue weighted by atomic mass is 10.1. The van der Waals surface area contributed by atoms with Crippen LogP contribution in [-0.2, 0) is 4.79 Å². The molecule has 1 N–H and O–H groups in total. The number of amides is 2. The molecule has 1 saturated heterocycles.